The first kappa shape index (κ1) is 69.4. The SMILES string of the molecule is CC(C)(C)OC(=O)CC[C@H](CP(=O)(OCCC[C@H](NC(=O)CC[C@H](CC(=O)CCCCCNC(=O)CCCCCCC(=O)c1ccc(F)nc1)C(=O)OC(C)(C)C)C(=O)OC(C)(C)C)OC(C)(C)C)C(=O)OC(C)(C)C. The van der Waals surface area contributed by atoms with Gasteiger partial charge in [0, 0.05) is 56.8 Å². The van der Waals surface area contributed by atoms with E-state index < -0.39 is 95.4 Å². The van der Waals surface area contributed by atoms with Crippen molar-refractivity contribution in [3.8, 4) is 0 Å². The zero-order chi connectivity index (χ0) is 58.1. The van der Waals surface area contributed by atoms with E-state index in [1.807, 2.05) is 0 Å². The molecule has 1 aromatic rings. The topological polar surface area (TPSA) is 246 Å². The first-order valence-corrected chi connectivity index (χ1v) is 28.6. The van der Waals surface area contributed by atoms with Crippen molar-refractivity contribution in [3.05, 3.63) is 29.8 Å². The van der Waals surface area contributed by atoms with Gasteiger partial charge in [-0.05, 0) is 167 Å². The van der Waals surface area contributed by atoms with Crippen molar-refractivity contribution in [1.82, 2.24) is 15.6 Å². The monoisotopic (exact) mass is 1100 g/mol. The van der Waals surface area contributed by atoms with E-state index in [0.717, 1.165) is 18.9 Å². The van der Waals surface area contributed by atoms with E-state index in [1.165, 1.54) is 12.3 Å². The van der Waals surface area contributed by atoms with Crippen molar-refractivity contribution in [3.63, 3.8) is 0 Å². The van der Waals surface area contributed by atoms with Gasteiger partial charge in [0.25, 0.3) is 0 Å². The molecule has 2 amide bonds. The van der Waals surface area contributed by atoms with Crippen molar-refractivity contribution in [2.75, 3.05) is 19.3 Å². The third kappa shape index (κ3) is 34.9. The lowest BCUT2D eigenvalue weighted by Crippen LogP contribution is -2.44. The lowest BCUT2D eigenvalue weighted by molar-refractivity contribution is -0.162. The molecule has 0 spiro atoms. The maximum absolute atomic E-state index is 14.5. The van der Waals surface area contributed by atoms with Crippen molar-refractivity contribution < 1.29 is 75.3 Å². The minimum atomic E-state index is -4.11. The molecule has 1 aromatic heterocycles. The summed E-state index contributed by atoms with van der Waals surface area (Å²) >= 11 is 0. The Bertz CT molecular complexity index is 2080. The molecule has 0 aliphatic rings. The van der Waals surface area contributed by atoms with Crippen molar-refractivity contribution in [2.45, 2.75) is 247 Å². The average molecular weight is 1100 g/mol. The van der Waals surface area contributed by atoms with E-state index in [9.17, 15) is 47.3 Å². The quantitative estimate of drug-likeness (QED) is 0.0163. The number of nitrogens with one attached hydrogen (secondary N) is 2. The Kier molecular flexibility index (Phi) is 29.5. The average Bonchev–Trinajstić information content (AvgIpc) is 3.24. The summed E-state index contributed by atoms with van der Waals surface area (Å²) < 4.78 is 61.8. The molecule has 0 aliphatic heterocycles. The third-order valence-electron chi connectivity index (χ3n) is 10.7. The fourth-order valence-electron chi connectivity index (χ4n) is 7.46. The van der Waals surface area contributed by atoms with E-state index in [-0.39, 0.29) is 75.4 Å². The zero-order valence-corrected chi connectivity index (χ0v) is 49.4. The first-order valence-electron chi connectivity index (χ1n) is 26.9. The second-order valence-electron chi connectivity index (χ2n) is 24.4. The van der Waals surface area contributed by atoms with Gasteiger partial charge >= 0.3 is 31.5 Å². The molecule has 0 radical (unpaired) electrons. The summed E-state index contributed by atoms with van der Waals surface area (Å²) in [6, 6.07) is 1.39. The standard InChI is InChI=1S/C56H93FN3O15P/c1-52(2,3)71-48(65)33-30-41(50(67)73-54(7,8)9)38-76(69,75-56(13,14)15)70-35-23-25-43(51(68)74-55(10,11)12)60-47(64)32-29-39(49(66)72-53(4,5)6)36-42(61)24-19-18-22-34-58-46(63)27-21-17-16-20-26-44(62)40-28-31-45(57)59-37-40/h28,31,37,39,41,43H,16-27,29-30,32-36,38H2,1-15H3,(H,58,63)(H,60,64)/t39-,41-,43+,76?/m1/s1. The minimum absolute atomic E-state index is 0.0213. The van der Waals surface area contributed by atoms with E-state index in [2.05, 4.69) is 15.6 Å². The molecule has 20 heteroatoms. The molecule has 2 N–H and O–H groups in total. The molecule has 4 atom stereocenters. The lowest BCUT2D eigenvalue weighted by Gasteiger charge is -2.30. The maximum Gasteiger partial charge on any atom is 0.332 e. The molecule has 1 unspecified atom stereocenters. The first-order chi connectivity index (χ1) is 34.8. The van der Waals surface area contributed by atoms with Gasteiger partial charge in [-0.25, -0.2) is 9.78 Å². The highest BCUT2D eigenvalue weighted by molar-refractivity contribution is 7.53. The fraction of sp³-hybridized carbons (Fsp3) is 0.768. The molecule has 0 saturated heterocycles. The summed E-state index contributed by atoms with van der Waals surface area (Å²) in [5.74, 6) is -6.19. The van der Waals surface area contributed by atoms with Gasteiger partial charge in [0.15, 0.2) is 5.78 Å². The number of hydrogen-bond donors (Lipinski definition) is 2. The number of unbranched alkanes of at least 4 members (excludes halogenated alkanes) is 5. The van der Waals surface area contributed by atoms with E-state index in [1.54, 1.807) is 104 Å². The molecule has 18 nitrogen and oxygen atoms in total. The summed E-state index contributed by atoms with van der Waals surface area (Å²) in [4.78, 5) is 108. The summed E-state index contributed by atoms with van der Waals surface area (Å²) in [5, 5.41) is 5.61. The number of hydrogen-bond acceptors (Lipinski definition) is 16. The molecular formula is C56H93FN3O15P. The number of rotatable bonds is 34. The number of carbonyl (C=O) groups is 8. The number of halogens is 1. The number of Topliss-reactive ketones (excluding diaryl/α,β-unsaturated/α-hetero) is 2. The third-order valence-corrected chi connectivity index (χ3v) is 13.0. The Morgan fingerprint density at radius 3 is 1.64 bits per heavy atom. The van der Waals surface area contributed by atoms with Gasteiger partial charge in [0.2, 0.25) is 17.8 Å². The van der Waals surface area contributed by atoms with Crippen LogP contribution in [0.2, 0.25) is 0 Å². The summed E-state index contributed by atoms with van der Waals surface area (Å²) in [7, 11) is -4.11. The van der Waals surface area contributed by atoms with E-state index in [0.29, 0.717) is 57.1 Å². The Morgan fingerprint density at radius 2 is 1.09 bits per heavy atom. The van der Waals surface area contributed by atoms with Crippen LogP contribution in [-0.4, -0.2) is 106 Å². The van der Waals surface area contributed by atoms with E-state index >= 15 is 0 Å². The Hall–Kier alpha value is -4.61. The molecular weight excluding hydrogens is 1000 g/mol. The number of aromatic nitrogens is 1. The van der Waals surface area contributed by atoms with Gasteiger partial charge < -0.3 is 38.6 Å². The summed E-state index contributed by atoms with van der Waals surface area (Å²) in [5.41, 5.74) is -4.04. The van der Waals surface area contributed by atoms with E-state index in [4.69, 9.17) is 28.0 Å². The number of amides is 2. The summed E-state index contributed by atoms with van der Waals surface area (Å²) in [6.45, 7) is 25.6. The zero-order valence-electron chi connectivity index (χ0n) is 48.5. The van der Waals surface area contributed by atoms with Crippen LogP contribution in [0, 0.1) is 17.8 Å². The molecule has 0 bridgehead atoms. The Morgan fingerprint density at radius 1 is 0.566 bits per heavy atom. The number of nitrogens with zero attached hydrogens (tertiary/aromatic N) is 1. The van der Waals surface area contributed by atoms with Gasteiger partial charge in [-0.1, -0.05) is 19.3 Å². The molecule has 0 saturated carbocycles. The van der Waals surface area contributed by atoms with Gasteiger partial charge in [-0.15, -0.1) is 0 Å². The highest BCUT2D eigenvalue weighted by Gasteiger charge is 2.39. The van der Waals surface area contributed by atoms with Crippen molar-refractivity contribution in [2.24, 2.45) is 11.8 Å². The predicted molar refractivity (Wildman–Crippen MR) is 287 cm³/mol. The second kappa shape index (κ2) is 32.3. The minimum Gasteiger partial charge on any atom is -0.460 e. The van der Waals surface area contributed by atoms with Gasteiger partial charge in [-0.3, -0.25) is 38.1 Å². The molecule has 0 fully saturated rings. The van der Waals surface area contributed by atoms with Crippen LogP contribution < -0.4 is 10.6 Å². The molecule has 1 heterocycles. The van der Waals surface area contributed by atoms with Gasteiger partial charge in [-0.2, -0.15) is 4.39 Å². The molecule has 434 valence electrons. The van der Waals surface area contributed by atoms with Crippen LogP contribution in [0.25, 0.3) is 0 Å². The highest BCUT2D eigenvalue weighted by atomic mass is 31.2. The number of ketones is 2. The number of esters is 4. The van der Waals surface area contributed by atoms with Gasteiger partial charge in [0.05, 0.1) is 30.2 Å². The highest BCUT2D eigenvalue weighted by Crippen LogP contribution is 2.54. The predicted octanol–water partition coefficient (Wildman–Crippen LogP) is 10.8. The van der Waals surface area contributed by atoms with Crippen LogP contribution >= 0.6 is 7.60 Å². The number of carbonyl (C=O) groups excluding carboxylic acids is 8. The van der Waals surface area contributed by atoms with Gasteiger partial charge in [0.1, 0.15) is 34.2 Å². The Balaban J connectivity index is 2.88. The molecule has 0 aromatic carbocycles. The molecule has 76 heavy (non-hydrogen) atoms. The van der Waals surface area contributed by atoms with Crippen molar-refractivity contribution >= 4 is 54.9 Å². The lowest BCUT2D eigenvalue weighted by atomic mass is 9.94. The normalized spacial score (nSPS) is 14.3. The maximum atomic E-state index is 14.5. The second-order valence-corrected chi connectivity index (χ2v) is 26.4. The van der Waals surface area contributed by atoms with Crippen LogP contribution in [0.3, 0.4) is 0 Å². The van der Waals surface area contributed by atoms with Crippen molar-refractivity contribution in [1.29, 1.82) is 0 Å². The van der Waals surface area contributed by atoms with Crippen LogP contribution in [0.4, 0.5) is 4.39 Å². The summed E-state index contributed by atoms with van der Waals surface area (Å²) in [6.07, 6.45) is 5.83. The fourth-order valence-corrected chi connectivity index (χ4v) is 9.80. The number of pyridine rings is 1. The Labute approximate surface area is 452 Å². The largest absolute Gasteiger partial charge is 0.460 e. The van der Waals surface area contributed by atoms with Crippen LogP contribution in [0.5, 0.6) is 0 Å². The molecule has 1 rings (SSSR count). The number of ether oxygens (including phenoxy) is 4. The van der Waals surface area contributed by atoms with Crippen LogP contribution in [0.1, 0.15) is 223 Å². The smallest absolute Gasteiger partial charge is 0.332 e. The van der Waals surface area contributed by atoms with Crippen LogP contribution in [0.15, 0.2) is 18.3 Å². The molecule has 0 aliphatic carbocycles. The van der Waals surface area contributed by atoms with Crippen LogP contribution in [-0.2, 0) is 66.1 Å².